The van der Waals surface area contributed by atoms with Gasteiger partial charge in [0.25, 0.3) is 11.9 Å². The summed E-state index contributed by atoms with van der Waals surface area (Å²) in [5.41, 5.74) is 0. The minimum atomic E-state index is -1.67. The van der Waals surface area contributed by atoms with Crippen LogP contribution in [-0.4, -0.2) is 186 Å². The monoisotopic (exact) mass is 594 g/mol. The van der Waals surface area contributed by atoms with E-state index in [9.17, 15) is 0 Å². The van der Waals surface area contributed by atoms with Crippen molar-refractivity contribution in [1.29, 1.82) is 0 Å². The topological polar surface area (TPSA) is 314 Å². The van der Waals surface area contributed by atoms with Crippen LogP contribution in [0.4, 0.5) is 0 Å². The second-order valence-electron chi connectivity index (χ2n) is 8.98. The number of aliphatic carboxylic acids is 2. The molecule has 0 aromatic carbocycles. The standard InChI is InChI=1S/C6H14O6.2C6H10O4.2C2H4O2/c7-1-3(9)5(11)6(12)4(10)2-8;2*7-3-1-9-6-4(8)2-10-5(3)6;2*1-2(3)4/h3-12H,1-2H2;2*3-8H,1-2H2;2*1H3,(H,3,4)/t3*3-,4+,5-,6-;;/m111../s1. The zero-order chi connectivity index (χ0) is 31.2. The van der Waals surface area contributed by atoms with E-state index >= 15 is 0 Å². The van der Waals surface area contributed by atoms with Crippen LogP contribution >= 0.6 is 0 Å². The Morgan fingerprint density at radius 2 is 0.750 bits per heavy atom. The third-order valence-electron chi connectivity index (χ3n) is 5.51. The lowest BCUT2D eigenvalue weighted by Crippen LogP contribution is -2.46. The summed E-state index contributed by atoms with van der Waals surface area (Å²) in [5, 5.41) is 104. The third kappa shape index (κ3) is 13.4. The van der Waals surface area contributed by atoms with Crippen LogP contribution in [-0.2, 0) is 28.5 Å². The highest BCUT2D eigenvalue weighted by Crippen LogP contribution is 2.27. The smallest absolute Gasteiger partial charge is 0.300 e. The predicted molar refractivity (Wildman–Crippen MR) is 128 cm³/mol. The van der Waals surface area contributed by atoms with Crippen LogP contribution in [0, 0.1) is 0 Å². The predicted octanol–water partition coefficient (Wildman–Crippen LogP) is -6.39. The maximum absolute atomic E-state index is 9.16. The van der Waals surface area contributed by atoms with E-state index < -0.39 is 74.0 Å². The molecule has 0 bridgehead atoms. The van der Waals surface area contributed by atoms with E-state index in [2.05, 4.69) is 0 Å². The lowest BCUT2D eigenvalue weighted by Gasteiger charge is -2.24. The molecule has 4 fully saturated rings. The average Bonchev–Trinajstić information content (AvgIpc) is 3.64. The quantitative estimate of drug-likeness (QED) is 0.141. The van der Waals surface area contributed by atoms with Crippen molar-refractivity contribution in [3.05, 3.63) is 0 Å². The molecule has 4 rings (SSSR count). The van der Waals surface area contributed by atoms with Crippen molar-refractivity contribution in [2.45, 2.75) is 87.1 Å². The van der Waals surface area contributed by atoms with E-state index in [4.69, 9.17) is 89.8 Å². The molecule has 4 saturated heterocycles. The van der Waals surface area contributed by atoms with Gasteiger partial charge in [0.1, 0.15) is 73.2 Å². The number of fused-ring (bicyclic) bond motifs is 2. The molecule has 238 valence electrons. The summed E-state index contributed by atoms with van der Waals surface area (Å²) in [6, 6.07) is 0. The summed E-state index contributed by atoms with van der Waals surface area (Å²) in [4.78, 5) is 18.0. The Labute approximate surface area is 229 Å². The molecule has 4 aliphatic rings. The highest BCUT2D eigenvalue weighted by atomic mass is 16.6. The van der Waals surface area contributed by atoms with Crippen molar-refractivity contribution >= 4 is 11.9 Å². The first-order chi connectivity index (χ1) is 18.6. The van der Waals surface area contributed by atoms with Crippen molar-refractivity contribution in [2.75, 3.05) is 39.6 Å². The Morgan fingerprint density at radius 1 is 0.575 bits per heavy atom. The van der Waals surface area contributed by atoms with Crippen LogP contribution in [0.1, 0.15) is 13.8 Å². The highest BCUT2D eigenvalue weighted by Gasteiger charge is 2.47. The molecule has 0 unspecified atom stereocenters. The summed E-state index contributed by atoms with van der Waals surface area (Å²) in [6.07, 6.45) is -9.79. The van der Waals surface area contributed by atoms with Gasteiger partial charge in [-0.1, -0.05) is 0 Å². The Bertz CT molecular complexity index is 613. The summed E-state index contributed by atoms with van der Waals surface area (Å²) in [6.45, 7) is 1.85. The molecule has 0 aromatic rings. The van der Waals surface area contributed by atoms with Gasteiger partial charge in [0.15, 0.2) is 0 Å². The van der Waals surface area contributed by atoms with E-state index in [-0.39, 0.29) is 50.8 Å². The van der Waals surface area contributed by atoms with Gasteiger partial charge in [-0.2, -0.15) is 0 Å². The number of hydrogen-bond acceptors (Lipinski definition) is 16. The van der Waals surface area contributed by atoms with Crippen LogP contribution in [0.2, 0.25) is 0 Å². The molecule has 18 nitrogen and oxygen atoms in total. The summed E-state index contributed by atoms with van der Waals surface area (Å²) < 4.78 is 20.3. The van der Waals surface area contributed by atoms with Crippen molar-refractivity contribution in [2.24, 2.45) is 0 Å². The fourth-order valence-corrected chi connectivity index (χ4v) is 3.59. The van der Waals surface area contributed by atoms with E-state index in [1.165, 1.54) is 0 Å². The van der Waals surface area contributed by atoms with Gasteiger partial charge in [-0.3, -0.25) is 9.59 Å². The van der Waals surface area contributed by atoms with Crippen LogP contribution in [0.3, 0.4) is 0 Å². The van der Waals surface area contributed by atoms with E-state index in [0.717, 1.165) is 13.8 Å². The molecule has 0 radical (unpaired) electrons. The maximum Gasteiger partial charge on any atom is 0.300 e. The second kappa shape index (κ2) is 19.5. The molecule has 12 atom stereocenters. The number of carbonyl (C=O) groups is 2. The fraction of sp³-hybridized carbons (Fsp3) is 0.909. The number of aliphatic hydroxyl groups is 10. The van der Waals surface area contributed by atoms with E-state index in [0.29, 0.717) is 0 Å². The number of carboxylic acid groups (broad SMARTS) is 2. The molecule has 0 spiro atoms. The van der Waals surface area contributed by atoms with Gasteiger partial charge >= 0.3 is 0 Å². The number of ether oxygens (including phenoxy) is 4. The molecule has 4 heterocycles. The van der Waals surface area contributed by atoms with Crippen LogP contribution in [0.15, 0.2) is 0 Å². The van der Waals surface area contributed by atoms with Gasteiger partial charge in [0, 0.05) is 13.8 Å². The Kier molecular flexibility index (Phi) is 18.7. The third-order valence-corrected chi connectivity index (χ3v) is 5.51. The summed E-state index contributed by atoms with van der Waals surface area (Å²) in [5.74, 6) is -1.67. The van der Waals surface area contributed by atoms with Crippen molar-refractivity contribution in [3.8, 4) is 0 Å². The zero-order valence-electron chi connectivity index (χ0n) is 22.0. The van der Waals surface area contributed by atoms with Crippen LogP contribution in [0.5, 0.6) is 0 Å². The van der Waals surface area contributed by atoms with Crippen LogP contribution < -0.4 is 0 Å². The molecule has 40 heavy (non-hydrogen) atoms. The molecule has 0 amide bonds. The molecule has 4 aliphatic heterocycles. The summed E-state index contributed by atoms with van der Waals surface area (Å²) >= 11 is 0. The molecular formula is C22H42O18. The fourth-order valence-electron chi connectivity index (χ4n) is 3.59. The zero-order valence-corrected chi connectivity index (χ0v) is 22.0. The first kappa shape index (κ1) is 38.4. The molecule has 18 heteroatoms. The Balaban J connectivity index is 0.000000504. The number of rotatable bonds is 5. The second-order valence-corrected chi connectivity index (χ2v) is 8.98. The van der Waals surface area contributed by atoms with Gasteiger partial charge in [-0.05, 0) is 0 Å². The molecule has 0 aliphatic carbocycles. The normalized spacial score (nSPS) is 34.4. The molecule has 0 aromatic heterocycles. The molecule has 12 N–H and O–H groups in total. The van der Waals surface area contributed by atoms with Crippen molar-refractivity contribution in [3.63, 3.8) is 0 Å². The lowest BCUT2D eigenvalue weighted by atomic mass is 10.0. The lowest BCUT2D eigenvalue weighted by molar-refractivity contribution is -0.135. The van der Waals surface area contributed by atoms with E-state index in [1.807, 2.05) is 0 Å². The van der Waals surface area contributed by atoms with E-state index in [1.54, 1.807) is 0 Å². The number of carboxylic acids is 2. The number of aliphatic hydroxyl groups excluding tert-OH is 10. The average molecular weight is 595 g/mol. The minimum absolute atomic E-state index is 0.284. The van der Waals surface area contributed by atoms with Gasteiger partial charge < -0.3 is 80.2 Å². The Hall–Kier alpha value is -1.62. The minimum Gasteiger partial charge on any atom is -0.481 e. The largest absolute Gasteiger partial charge is 0.481 e. The van der Waals surface area contributed by atoms with Gasteiger partial charge in [-0.15, -0.1) is 0 Å². The first-order valence-electron chi connectivity index (χ1n) is 12.1. The molecule has 0 saturated carbocycles. The van der Waals surface area contributed by atoms with Crippen LogP contribution in [0.25, 0.3) is 0 Å². The van der Waals surface area contributed by atoms with Crippen molar-refractivity contribution in [1.82, 2.24) is 0 Å². The Morgan fingerprint density at radius 3 is 0.900 bits per heavy atom. The van der Waals surface area contributed by atoms with Gasteiger partial charge in [0.2, 0.25) is 0 Å². The number of hydrogen-bond donors (Lipinski definition) is 12. The van der Waals surface area contributed by atoms with Crippen molar-refractivity contribution < 1.29 is 89.8 Å². The highest BCUT2D eigenvalue weighted by molar-refractivity contribution is 5.63. The van der Waals surface area contributed by atoms with Gasteiger partial charge in [0.05, 0.1) is 39.6 Å². The SMILES string of the molecule is CC(=O)O.CC(=O)O.OC[C@@H](O)[C@@H](O)[C@H](O)[C@@H](O)CO.O[C@@H]1CO[C@H]2[C@@H]1OC[C@@H]2O.O[C@@H]1CO[C@H]2[C@@H]1OC[C@@H]2O. The molecular weight excluding hydrogens is 552 g/mol. The summed E-state index contributed by atoms with van der Waals surface area (Å²) in [7, 11) is 0. The maximum atomic E-state index is 9.16. The van der Waals surface area contributed by atoms with Gasteiger partial charge in [-0.25, -0.2) is 0 Å². The first-order valence-corrected chi connectivity index (χ1v) is 12.1.